The molecule has 0 amide bonds. The van der Waals surface area contributed by atoms with Crippen LogP contribution in [0, 0.1) is 16.7 Å². The number of anilines is 6. The first kappa shape index (κ1) is 26.9. The van der Waals surface area contributed by atoms with E-state index in [0.29, 0.717) is 11.5 Å². The van der Waals surface area contributed by atoms with Gasteiger partial charge in [0, 0.05) is 39.5 Å². The van der Waals surface area contributed by atoms with Crippen LogP contribution in [-0.2, 0) is 5.41 Å². The van der Waals surface area contributed by atoms with E-state index in [1.54, 1.807) is 0 Å². The maximum atomic E-state index is 8.72. The maximum Gasteiger partial charge on any atom is 0.252 e. The summed E-state index contributed by atoms with van der Waals surface area (Å²) < 4.78 is 42.3. The van der Waals surface area contributed by atoms with E-state index in [9.17, 15) is 0 Å². The molecule has 0 radical (unpaired) electrons. The second-order valence-corrected chi connectivity index (χ2v) is 17.2. The Morgan fingerprint density at radius 2 is 1.25 bits per heavy atom. The number of fused-ring (bicyclic) bond motifs is 12. The van der Waals surface area contributed by atoms with E-state index in [2.05, 4.69) is 140 Å². The van der Waals surface area contributed by atoms with Gasteiger partial charge in [0.05, 0.1) is 6.85 Å². The van der Waals surface area contributed by atoms with Crippen molar-refractivity contribution in [3.05, 3.63) is 175 Å². The van der Waals surface area contributed by atoms with Crippen LogP contribution >= 0.6 is 0 Å². The Hall–Kier alpha value is -5.80. The average Bonchev–Trinajstić information content (AvgIpc) is 3.74. The van der Waals surface area contributed by atoms with Crippen LogP contribution in [0.3, 0.4) is 0 Å². The zero-order chi connectivity index (χ0) is 41.0. The first-order valence-electron chi connectivity index (χ1n) is 22.3. The highest BCUT2D eigenvalue weighted by molar-refractivity contribution is 7.00. The highest BCUT2D eigenvalue weighted by atomic mass is 15.2. The van der Waals surface area contributed by atoms with Crippen LogP contribution in [0.25, 0.3) is 22.3 Å². The Bertz CT molecular complexity index is 2970. The Balaban J connectivity index is 1.14. The highest BCUT2D eigenvalue weighted by Gasteiger charge is 2.71. The summed E-state index contributed by atoms with van der Waals surface area (Å²) in [5.41, 5.74) is 17.1. The predicted molar refractivity (Wildman–Crippen MR) is 231 cm³/mol. The standard InChI is InChI=1S/C52H43BN2/c1-50(2)36-29-30-51(50,3)52(33-36)41-20-11-10-19-39(41)40-31-48-44(32-42(40)52)53-43-21-12-13-22-45(43)54(37-17-8-5-9-18-37)46-23-14-24-47(49(46)53)55(48)38-27-25-35(26-28-38)34-15-6-4-7-16-34/h4-28,31-32,36H,29-30,33H2,1-3H3/i4D,6D,7D,15D,16D. The van der Waals surface area contributed by atoms with E-state index in [0.717, 1.165) is 34.9 Å². The SMILES string of the molecule is [2H]c1c([2H])c([2H])c(-c2ccc(N3c4cc5c(cc4B4c6ccccc6N(c6ccccc6)c6cccc3c64)C3(CC4CCC3(C)C4(C)C)c3ccccc3-5)cc2)c([2H])c1[2H]. The monoisotopic (exact) mass is 711 g/mol. The van der Waals surface area contributed by atoms with Gasteiger partial charge >= 0.3 is 0 Å². The fraction of sp³-hybridized carbons (Fsp3) is 0.192. The topological polar surface area (TPSA) is 6.48 Å². The van der Waals surface area contributed by atoms with E-state index in [1.165, 1.54) is 57.2 Å². The molecule has 0 aromatic heterocycles. The van der Waals surface area contributed by atoms with Crippen molar-refractivity contribution in [2.45, 2.75) is 45.4 Å². The van der Waals surface area contributed by atoms with Crippen molar-refractivity contribution in [1.29, 1.82) is 0 Å². The molecule has 264 valence electrons. The fourth-order valence-electron chi connectivity index (χ4n) is 12.2. The Morgan fingerprint density at radius 3 is 2.00 bits per heavy atom. The van der Waals surface area contributed by atoms with Gasteiger partial charge < -0.3 is 9.80 Å². The second-order valence-electron chi connectivity index (χ2n) is 17.2. The zero-order valence-corrected chi connectivity index (χ0v) is 31.4. The molecule has 12 rings (SSSR count). The van der Waals surface area contributed by atoms with Crippen molar-refractivity contribution in [1.82, 2.24) is 0 Å². The largest absolute Gasteiger partial charge is 0.311 e. The summed E-state index contributed by atoms with van der Waals surface area (Å²) in [5.74, 6) is 0.651. The van der Waals surface area contributed by atoms with Crippen LogP contribution in [0.2, 0.25) is 0 Å². The van der Waals surface area contributed by atoms with Crippen LogP contribution in [-0.4, -0.2) is 6.71 Å². The third kappa shape index (κ3) is 3.86. The Morgan fingerprint density at radius 1 is 0.582 bits per heavy atom. The van der Waals surface area contributed by atoms with E-state index in [1.807, 2.05) is 24.3 Å². The van der Waals surface area contributed by atoms with Gasteiger partial charge in [-0.05, 0) is 134 Å². The molecule has 3 aliphatic carbocycles. The molecule has 55 heavy (non-hydrogen) atoms. The molecule has 3 unspecified atom stereocenters. The number of para-hydroxylation sites is 2. The van der Waals surface area contributed by atoms with E-state index < -0.39 is 0 Å². The Kier molecular flexibility index (Phi) is 5.34. The number of benzene rings is 7. The van der Waals surface area contributed by atoms with Gasteiger partial charge in [0.25, 0.3) is 6.71 Å². The van der Waals surface area contributed by atoms with Gasteiger partial charge in [-0.25, -0.2) is 0 Å². The van der Waals surface area contributed by atoms with Crippen molar-refractivity contribution in [3.8, 4) is 22.3 Å². The lowest BCUT2D eigenvalue weighted by Crippen LogP contribution is -2.61. The van der Waals surface area contributed by atoms with Gasteiger partial charge in [0.15, 0.2) is 0 Å². The summed E-state index contributed by atoms with van der Waals surface area (Å²) in [6.45, 7) is 7.64. The first-order chi connectivity index (χ1) is 29.0. The molecule has 0 saturated heterocycles. The van der Waals surface area contributed by atoms with E-state index in [-0.39, 0.29) is 58.7 Å². The number of nitrogens with zero attached hydrogens (tertiary/aromatic N) is 2. The van der Waals surface area contributed by atoms with Gasteiger partial charge in [-0.2, -0.15) is 0 Å². The van der Waals surface area contributed by atoms with Crippen LogP contribution in [0.1, 0.15) is 58.0 Å². The van der Waals surface area contributed by atoms with Crippen molar-refractivity contribution in [2.24, 2.45) is 16.7 Å². The lowest BCUT2D eigenvalue weighted by Gasteiger charge is -2.49. The summed E-state index contributed by atoms with van der Waals surface area (Å²) >= 11 is 0. The van der Waals surface area contributed by atoms with Gasteiger partial charge in [0.1, 0.15) is 0 Å². The van der Waals surface area contributed by atoms with Crippen molar-refractivity contribution in [3.63, 3.8) is 0 Å². The predicted octanol–water partition coefficient (Wildman–Crippen LogP) is 11.5. The molecule has 2 fully saturated rings. The molecule has 3 atom stereocenters. The molecule has 0 N–H and O–H groups in total. The van der Waals surface area contributed by atoms with Crippen LogP contribution in [0.15, 0.2) is 164 Å². The minimum Gasteiger partial charge on any atom is -0.311 e. The minimum absolute atomic E-state index is 0.0190. The first-order valence-corrected chi connectivity index (χ1v) is 19.8. The maximum absolute atomic E-state index is 8.72. The smallest absolute Gasteiger partial charge is 0.252 e. The molecule has 5 aliphatic rings. The number of rotatable bonds is 3. The number of hydrogen-bond acceptors (Lipinski definition) is 2. The molecule has 2 saturated carbocycles. The molecule has 2 bridgehead atoms. The van der Waals surface area contributed by atoms with E-state index in [4.69, 9.17) is 6.85 Å². The summed E-state index contributed by atoms with van der Waals surface area (Å²) in [6, 6.07) is 47.1. The van der Waals surface area contributed by atoms with E-state index >= 15 is 0 Å². The molecule has 1 spiro atoms. The molecule has 3 heteroatoms. The van der Waals surface area contributed by atoms with Gasteiger partial charge in [-0.3, -0.25) is 0 Å². The lowest BCUT2D eigenvalue weighted by molar-refractivity contribution is 0.0991. The van der Waals surface area contributed by atoms with Gasteiger partial charge in [0.2, 0.25) is 0 Å². The molecule has 2 aliphatic heterocycles. The third-order valence-corrected chi connectivity index (χ3v) is 15.0. The molecule has 7 aromatic carbocycles. The summed E-state index contributed by atoms with van der Waals surface area (Å²) in [7, 11) is 0. The van der Waals surface area contributed by atoms with Gasteiger partial charge in [-0.15, -0.1) is 0 Å². The summed E-state index contributed by atoms with van der Waals surface area (Å²) in [5, 5.41) is 0. The number of hydrogen-bond donors (Lipinski definition) is 0. The van der Waals surface area contributed by atoms with Crippen LogP contribution < -0.4 is 26.2 Å². The van der Waals surface area contributed by atoms with Crippen molar-refractivity contribution >= 4 is 57.2 Å². The fourth-order valence-corrected chi connectivity index (χ4v) is 12.2. The molecule has 2 heterocycles. The molecule has 7 aromatic rings. The van der Waals surface area contributed by atoms with Crippen LogP contribution in [0.5, 0.6) is 0 Å². The molecular weight excluding hydrogens is 663 g/mol. The lowest BCUT2D eigenvalue weighted by atomic mass is 9.33. The molecule has 2 nitrogen and oxygen atoms in total. The second kappa shape index (κ2) is 10.9. The Labute approximate surface area is 332 Å². The normalized spacial score (nSPS) is 24.2. The van der Waals surface area contributed by atoms with Crippen molar-refractivity contribution in [2.75, 3.05) is 9.80 Å². The van der Waals surface area contributed by atoms with Gasteiger partial charge in [-0.1, -0.05) is 136 Å². The summed E-state index contributed by atoms with van der Waals surface area (Å²) in [6.07, 6.45) is 3.66. The quantitative estimate of drug-likeness (QED) is 0.168. The average molecular weight is 712 g/mol. The zero-order valence-electron chi connectivity index (χ0n) is 36.4. The molecular formula is C52H43BN2. The highest BCUT2D eigenvalue weighted by Crippen LogP contribution is 2.78. The minimum atomic E-state index is -0.385. The third-order valence-electron chi connectivity index (χ3n) is 15.0. The summed E-state index contributed by atoms with van der Waals surface area (Å²) in [4.78, 5) is 4.83. The van der Waals surface area contributed by atoms with Crippen LogP contribution in [0.4, 0.5) is 34.1 Å². The van der Waals surface area contributed by atoms with Crippen molar-refractivity contribution < 1.29 is 6.85 Å².